The number of rotatable bonds is 3. The van der Waals surface area contributed by atoms with Crippen molar-refractivity contribution >= 4 is 5.95 Å². The van der Waals surface area contributed by atoms with Crippen LogP contribution in [0.2, 0.25) is 0 Å². The fourth-order valence-corrected chi connectivity index (χ4v) is 2.52. The van der Waals surface area contributed by atoms with E-state index in [2.05, 4.69) is 20.6 Å². The van der Waals surface area contributed by atoms with Crippen LogP contribution < -0.4 is 10.6 Å². The lowest BCUT2D eigenvalue weighted by Crippen LogP contribution is -2.18. The lowest BCUT2D eigenvalue weighted by Gasteiger charge is -2.10. The van der Waals surface area contributed by atoms with E-state index in [0.29, 0.717) is 0 Å². The third kappa shape index (κ3) is 2.02. The first-order valence-corrected chi connectivity index (χ1v) is 6.21. The van der Waals surface area contributed by atoms with Gasteiger partial charge in [-0.3, -0.25) is 0 Å². The van der Waals surface area contributed by atoms with Gasteiger partial charge in [-0.1, -0.05) is 0 Å². The Balaban J connectivity index is 1.61. The average molecular weight is 218 g/mol. The minimum Gasteiger partial charge on any atom is -0.354 e. The van der Waals surface area contributed by atoms with Crippen LogP contribution in [0.4, 0.5) is 5.95 Å². The van der Waals surface area contributed by atoms with Crippen molar-refractivity contribution in [3.8, 4) is 0 Å². The molecule has 0 radical (unpaired) electrons. The molecule has 4 nitrogen and oxygen atoms in total. The lowest BCUT2D eigenvalue weighted by molar-refractivity contribution is 0.612. The first-order chi connectivity index (χ1) is 7.92. The van der Waals surface area contributed by atoms with E-state index in [1.807, 2.05) is 6.20 Å². The van der Waals surface area contributed by atoms with Crippen molar-refractivity contribution in [2.75, 3.05) is 25.0 Å². The highest BCUT2D eigenvalue weighted by molar-refractivity contribution is 5.32. The van der Waals surface area contributed by atoms with Gasteiger partial charge < -0.3 is 10.6 Å². The van der Waals surface area contributed by atoms with Crippen LogP contribution in [0.15, 0.2) is 6.20 Å². The molecule has 0 bridgehead atoms. The SMILES string of the molecule is c1nc(NCC2CCNC2)nc2c1CCC2. The van der Waals surface area contributed by atoms with Crippen molar-refractivity contribution in [2.24, 2.45) is 5.92 Å². The fraction of sp³-hybridized carbons (Fsp3) is 0.667. The second-order valence-corrected chi connectivity index (χ2v) is 4.76. The van der Waals surface area contributed by atoms with E-state index in [1.165, 1.54) is 24.1 Å². The summed E-state index contributed by atoms with van der Waals surface area (Å²) in [6, 6.07) is 0. The van der Waals surface area contributed by atoms with Crippen LogP contribution in [0, 0.1) is 5.92 Å². The monoisotopic (exact) mass is 218 g/mol. The normalized spacial score (nSPS) is 23.4. The van der Waals surface area contributed by atoms with Gasteiger partial charge in [0.05, 0.1) is 0 Å². The minimum atomic E-state index is 0.733. The molecule has 1 atom stereocenters. The maximum absolute atomic E-state index is 4.57. The Bertz CT molecular complexity index is 371. The summed E-state index contributed by atoms with van der Waals surface area (Å²) in [6.07, 6.45) is 6.77. The molecule has 1 aromatic rings. The van der Waals surface area contributed by atoms with Crippen molar-refractivity contribution in [1.29, 1.82) is 0 Å². The second kappa shape index (κ2) is 4.37. The van der Waals surface area contributed by atoms with Gasteiger partial charge >= 0.3 is 0 Å². The summed E-state index contributed by atoms with van der Waals surface area (Å²) in [5.74, 6) is 1.55. The molecule has 1 aliphatic carbocycles. The van der Waals surface area contributed by atoms with Gasteiger partial charge in [-0.25, -0.2) is 9.97 Å². The van der Waals surface area contributed by atoms with E-state index in [4.69, 9.17) is 0 Å². The lowest BCUT2D eigenvalue weighted by atomic mass is 10.1. The molecule has 3 rings (SSSR count). The van der Waals surface area contributed by atoms with Crippen molar-refractivity contribution in [3.63, 3.8) is 0 Å². The highest BCUT2D eigenvalue weighted by Crippen LogP contribution is 2.20. The molecular formula is C12H18N4. The first-order valence-electron chi connectivity index (χ1n) is 6.21. The number of nitrogens with one attached hydrogen (secondary N) is 2. The van der Waals surface area contributed by atoms with Gasteiger partial charge in [0.25, 0.3) is 0 Å². The molecule has 1 aromatic heterocycles. The van der Waals surface area contributed by atoms with Crippen LogP contribution >= 0.6 is 0 Å². The largest absolute Gasteiger partial charge is 0.354 e. The van der Waals surface area contributed by atoms with Gasteiger partial charge in [-0.05, 0) is 50.3 Å². The van der Waals surface area contributed by atoms with Gasteiger partial charge in [0.1, 0.15) is 0 Å². The highest BCUT2D eigenvalue weighted by atomic mass is 15.1. The molecule has 1 fully saturated rings. The minimum absolute atomic E-state index is 0.733. The molecule has 2 N–H and O–H groups in total. The second-order valence-electron chi connectivity index (χ2n) is 4.76. The highest BCUT2D eigenvalue weighted by Gasteiger charge is 2.16. The average Bonchev–Trinajstić information content (AvgIpc) is 2.97. The topological polar surface area (TPSA) is 49.8 Å². The molecule has 1 unspecified atom stereocenters. The summed E-state index contributed by atoms with van der Waals surface area (Å²) in [5.41, 5.74) is 2.59. The zero-order valence-electron chi connectivity index (χ0n) is 9.50. The Morgan fingerprint density at radius 2 is 2.44 bits per heavy atom. The van der Waals surface area contributed by atoms with Crippen LogP contribution in [0.3, 0.4) is 0 Å². The van der Waals surface area contributed by atoms with E-state index >= 15 is 0 Å². The molecule has 2 aliphatic rings. The Labute approximate surface area is 95.9 Å². The van der Waals surface area contributed by atoms with Crippen molar-refractivity contribution in [3.05, 3.63) is 17.5 Å². The molecule has 2 heterocycles. The van der Waals surface area contributed by atoms with Crippen LogP contribution in [-0.2, 0) is 12.8 Å². The molecule has 1 aliphatic heterocycles. The van der Waals surface area contributed by atoms with Gasteiger partial charge in [-0.2, -0.15) is 0 Å². The Hall–Kier alpha value is -1.16. The van der Waals surface area contributed by atoms with Crippen molar-refractivity contribution in [2.45, 2.75) is 25.7 Å². The van der Waals surface area contributed by atoms with E-state index in [9.17, 15) is 0 Å². The van der Waals surface area contributed by atoms with Crippen LogP contribution in [0.5, 0.6) is 0 Å². The third-order valence-electron chi connectivity index (χ3n) is 3.53. The van der Waals surface area contributed by atoms with E-state index in [1.54, 1.807) is 0 Å². The molecule has 86 valence electrons. The summed E-state index contributed by atoms with van der Waals surface area (Å²) in [7, 11) is 0. The molecule has 16 heavy (non-hydrogen) atoms. The van der Waals surface area contributed by atoms with Gasteiger partial charge in [0.15, 0.2) is 0 Å². The van der Waals surface area contributed by atoms with Crippen molar-refractivity contribution < 1.29 is 0 Å². The predicted octanol–water partition coefficient (Wildman–Crippen LogP) is 0.987. The number of nitrogens with zero attached hydrogens (tertiary/aromatic N) is 2. The summed E-state index contributed by atoms with van der Waals surface area (Å²) in [4.78, 5) is 8.94. The van der Waals surface area contributed by atoms with E-state index < -0.39 is 0 Å². The zero-order chi connectivity index (χ0) is 10.8. The smallest absolute Gasteiger partial charge is 0.222 e. The first kappa shape index (κ1) is 10.0. The Morgan fingerprint density at radius 3 is 3.31 bits per heavy atom. The molecule has 0 saturated carbocycles. The molecule has 0 amide bonds. The van der Waals surface area contributed by atoms with E-state index in [-0.39, 0.29) is 0 Å². The van der Waals surface area contributed by atoms with Gasteiger partial charge in [0, 0.05) is 18.4 Å². The number of fused-ring (bicyclic) bond motifs is 1. The zero-order valence-corrected chi connectivity index (χ0v) is 9.50. The van der Waals surface area contributed by atoms with Crippen LogP contribution in [-0.4, -0.2) is 29.6 Å². The van der Waals surface area contributed by atoms with Crippen LogP contribution in [0.25, 0.3) is 0 Å². The maximum atomic E-state index is 4.57. The quantitative estimate of drug-likeness (QED) is 0.794. The molecule has 0 aromatic carbocycles. The number of hydrogen-bond donors (Lipinski definition) is 2. The fourth-order valence-electron chi connectivity index (χ4n) is 2.52. The van der Waals surface area contributed by atoms with Crippen molar-refractivity contribution in [1.82, 2.24) is 15.3 Å². The van der Waals surface area contributed by atoms with Crippen LogP contribution in [0.1, 0.15) is 24.1 Å². The van der Waals surface area contributed by atoms with E-state index in [0.717, 1.165) is 44.3 Å². The summed E-state index contributed by atoms with van der Waals surface area (Å²) in [6.45, 7) is 3.26. The Kier molecular flexibility index (Phi) is 2.74. The Morgan fingerprint density at radius 1 is 1.44 bits per heavy atom. The molecule has 4 heteroatoms. The summed E-state index contributed by atoms with van der Waals surface area (Å²) < 4.78 is 0. The molecular weight excluding hydrogens is 200 g/mol. The summed E-state index contributed by atoms with van der Waals surface area (Å²) >= 11 is 0. The number of anilines is 1. The summed E-state index contributed by atoms with van der Waals surface area (Å²) in [5, 5.41) is 6.72. The third-order valence-corrected chi connectivity index (χ3v) is 3.53. The molecule has 0 spiro atoms. The number of aryl methyl sites for hydroxylation is 2. The van der Waals surface area contributed by atoms with Gasteiger partial charge in [-0.15, -0.1) is 0 Å². The number of hydrogen-bond acceptors (Lipinski definition) is 4. The number of aromatic nitrogens is 2. The molecule has 1 saturated heterocycles. The predicted molar refractivity (Wildman–Crippen MR) is 63.5 cm³/mol. The standard InChI is InChI=1S/C12H18N4/c1-2-10-8-15-12(16-11(10)3-1)14-7-9-4-5-13-6-9/h8-9,13H,1-7H2,(H,14,15,16). The van der Waals surface area contributed by atoms with Gasteiger partial charge in [0.2, 0.25) is 5.95 Å². The maximum Gasteiger partial charge on any atom is 0.222 e.